The van der Waals surface area contributed by atoms with Gasteiger partial charge in [0.05, 0.1) is 5.92 Å². The van der Waals surface area contributed by atoms with Gasteiger partial charge < -0.3 is 9.64 Å². The molecule has 2 saturated heterocycles. The van der Waals surface area contributed by atoms with Gasteiger partial charge in [0.1, 0.15) is 11.9 Å². The number of carbonyl (C=O) groups excluding carboxylic acids is 1. The van der Waals surface area contributed by atoms with Crippen molar-refractivity contribution in [2.75, 3.05) is 37.6 Å². The van der Waals surface area contributed by atoms with Crippen molar-refractivity contribution in [2.24, 2.45) is 11.8 Å². The number of fused-ring (bicyclic) bond motifs is 1. The van der Waals surface area contributed by atoms with Crippen LogP contribution in [0.3, 0.4) is 0 Å². The molecule has 0 spiro atoms. The number of rotatable bonds is 3. The number of benzene rings is 1. The molecular weight excluding hydrogens is 379 g/mol. The van der Waals surface area contributed by atoms with E-state index in [-0.39, 0.29) is 29.7 Å². The first-order chi connectivity index (χ1) is 14.5. The molecule has 4 nitrogen and oxygen atoms in total. The molecule has 1 aromatic rings. The van der Waals surface area contributed by atoms with Gasteiger partial charge in [-0.3, -0.25) is 9.69 Å². The second kappa shape index (κ2) is 9.34. The van der Waals surface area contributed by atoms with Crippen molar-refractivity contribution in [1.29, 1.82) is 0 Å². The van der Waals surface area contributed by atoms with Crippen LogP contribution in [0.4, 0.5) is 10.1 Å². The van der Waals surface area contributed by atoms with Gasteiger partial charge in [-0.1, -0.05) is 17.2 Å². The summed E-state index contributed by atoms with van der Waals surface area (Å²) in [5.41, 5.74) is 3.80. The highest BCUT2D eigenvalue weighted by Crippen LogP contribution is 2.36. The topological polar surface area (TPSA) is 32.8 Å². The third kappa shape index (κ3) is 4.94. The van der Waals surface area contributed by atoms with Gasteiger partial charge in [0, 0.05) is 44.3 Å². The van der Waals surface area contributed by atoms with Gasteiger partial charge in [0.2, 0.25) is 0 Å². The normalized spacial score (nSPS) is 31.9. The third-order valence-corrected chi connectivity index (χ3v) is 6.87. The molecule has 4 rings (SSSR count). The van der Waals surface area contributed by atoms with E-state index in [4.69, 9.17) is 4.74 Å². The first kappa shape index (κ1) is 21.1. The number of piperazine rings is 1. The van der Waals surface area contributed by atoms with Crippen LogP contribution in [-0.4, -0.2) is 49.7 Å². The average molecular weight is 413 g/mol. The van der Waals surface area contributed by atoms with E-state index in [1.54, 1.807) is 0 Å². The molecule has 2 aliphatic heterocycles. The molecule has 5 heteroatoms. The number of hydrogen-bond acceptors (Lipinski definition) is 4. The van der Waals surface area contributed by atoms with E-state index in [2.05, 4.69) is 35.8 Å². The molecule has 3 aliphatic rings. The molecule has 1 aromatic carbocycles. The SMILES string of the molecule is C/C1=C\[C@H]2OC(=O)[C@@H](CN3CCN(c4ccc(F)cc4)CC3)[C@@H]2CC/C(C)=C/CC1. The van der Waals surface area contributed by atoms with Crippen molar-refractivity contribution < 1.29 is 13.9 Å². The van der Waals surface area contributed by atoms with Gasteiger partial charge in [0.25, 0.3) is 0 Å². The number of halogens is 1. The largest absolute Gasteiger partial charge is 0.458 e. The maximum absolute atomic E-state index is 13.2. The van der Waals surface area contributed by atoms with Crippen LogP contribution in [0.2, 0.25) is 0 Å². The first-order valence-corrected chi connectivity index (χ1v) is 11.3. The Morgan fingerprint density at radius 1 is 1.03 bits per heavy atom. The van der Waals surface area contributed by atoms with E-state index < -0.39 is 0 Å². The van der Waals surface area contributed by atoms with Crippen molar-refractivity contribution in [3.63, 3.8) is 0 Å². The zero-order valence-corrected chi connectivity index (χ0v) is 18.1. The highest BCUT2D eigenvalue weighted by Gasteiger charge is 2.44. The minimum Gasteiger partial charge on any atom is -0.458 e. The molecule has 0 unspecified atom stereocenters. The molecular formula is C25H33FN2O2. The number of anilines is 1. The zero-order valence-electron chi connectivity index (χ0n) is 18.1. The second-order valence-electron chi connectivity index (χ2n) is 9.08. The Morgan fingerprint density at radius 3 is 2.50 bits per heavy atom. The summed E-state index contributed by atoms with van der Waals surface area (Å²) in [7, 11) is 0. The Balaban J connectivity index is 1.39. The Morgan fingerprint density at radius 2 is 1.77 bits per heavy atom. The summed E-state index contributed by atoms with van der Waals surface area (Å²) in [6.45, 7) is 8.73. The summed E-state index contributed by atoms with van der Waals surface area (Å²) in [4.78, 5) is 17.5. The average Bonchev–Trinajstić information content (AvgIpc) is 3.01. The third-order valence-electron chi connectivity index (χ3n) is 6.87. The van der Waals surface area contributed by atoms with Gasteiger partial charge in [-0.2, -0.15) is 0 Å². The molecule has 162 valence electrons. The number of esters is 1. The molecule has 2 fully saturated rings. The van der Waals surface area contributed by atoms with Gasteiger partial charge in [-0.25, -0.2) is 4.39 Å². The van der Waals surface area contributed by atoms with E-state index in [0.29, 0.717) is 0 Å². The molecule has 2 heterocycles. The van der Waals surface area contributed by atoms with E-state index in [1.807, 2.05) is 12.1 Å². The predicted molar refractivity (Wildman–Crippen MR) is 118 cm³/mol. The van der Waals surface area contributed by atoms with Crippen LogP contribution in [0.5, 0.6) is 0 Å². The first-order valence-electron chi connectivity index (χ1n) is 11.3. The minimum absolute atomic E-state index is 0.0316. The second-order valence-corrected chi connectivity index (χ2v) is 9.08. The Labute approximate surface area is 179 Å². The van der Waals surface area contributed by atoms with Crippen molar-refractivity contribution in [3.05, 3.63) is 53.4 Å². The van der Waals surface area contributed by atoms with Crippen molar-refractivity contribution in [2.45, 2.75) is 45.6 Å². The summed E-state index contributed by atoms with van der Waals surface area (Å²) in [5, 5.41) is 0. The monoisotopic (exact) mass is 412 g/mol. The summed E-state index contributed by atoms with van der Waals surface area (Å²) >= 11 is 0. The number of carbonyl (C=O) groups is 1. The van der Waals surface area contributed by atoms with E-state index in [1.165, 1.54) is 23.3 Å². The van der Waals surface area contributed by atoms with Crippen LogP contribution in [0.25, 0.3) is 0 Å². The fourth-order valence-electron chi connectivity index (χ4n) is 4.97. The fraction of sp³-hybridized carbons (Fsp3) is 0.560. The lowest BCUT2D eigenvalue weighted by atomic mass is 9.83. The maximum Gasteiger partial charge on any atom is 0.311 e. The highest BCUT2D eigenvalue weighted by molar-refractivity contribution is 5.76. The van der Waals surface area contributed by atoms with Crippen molar-refractivity contribution in [1.82, 2.24) is 4.90 Å². The van der Waals surface area contributed by atoms with Crippen LogP contribution in [0, 0.1) is 17.7 Å². The number of allylic oxidation sites excluding steroid dienone is 3. The smallest absolute Gasteiger partial charge is 0.311 e. The fourth-order valence-corrected chi connectivity index (χ4v) is 4.97. The van der Waals surface area contributed by atoms with Gasteiger partial charge >= 0.3 is 5.97 Å². The predicted octanol–water partition coefficient (Wildman–Crippen LogP) is 4.57. The number of nitrogens with zero attached hydrogens (tertiary/aromatic N) is 2. The molecule has 0 aromatic heterocycles. The summed E-state index contributed by atoms with van der Waals surface area (Å²) in [5.74, 6) is -0.0321. The molecule has 0 N–H and O–H groups in total. The summed E-state index contributed by atoms with van der Waals surface area (Å²) < 4.78 is 19.0. The van der Waals surface area contributed by atoms with E-state index >= 15 is 0 Å². The van der Waals surface area contributed by atoms with Crippen molar-refractivity contribution in [3.8, 4) is 0 Å². The quantitative estimate of drug-likeness (QED) is 0.538. The standard InChI is InChI=1S/C25H33FN2O2/c1-18-4-3-5-19(2)16-24-22(11-6-18)23(25(29)30-24)17-27-12-14-28(15-13-27)21-9-7-20(26)8-10-21/h4,7-10,16,22-24H,3,5-6,11-15,17H2,1-2H3/b18-4+,19-16+/t22-,23-,24+/m0/s1. The molecule has 30 heavy (non-hydrogen) atoms. The summed E-state index contributed by atoms with van der Waals surface area (Å²) in [6.07, 6.45) is 8.62. The lowest BCUT2D eigenvalue weighted by molar-refractivity contribution is -0.143. The van der Waals surface area contributed by atoms with E-state index in [0.717, 1.165) is 64.1 Å². The Kier molecular flexibility index (Phi) is 6.57. The maximum atomic E-state index is 13.2. The lowest BCUT2D eigenvalue weighted by Crippen LogP contribution is -2.49. The Bertz CT molecular complexity index is 809. The van der Waals surface area contributed by atoms with Gasteiger partial charge in [-0.15, -0.1) is 0 Å². The van der Waals surface area contributed by atoms with Crippen LogP contribution in [0.1, 0.15) is 39.5 Å². The molecule has 0 amide bonds. The van der Waals surface area contributed by atoms with Crippen molar-refractivity contribution >= 4 is 11.7 Å². The van der Waals surface area contributed by atoms with E-state index in [9.17, 15) is 9.18 Å². The number of ether oxygens (including phenoxy) is 1. The molecule has 0 bridgehead atoms. The van der Waals surface area contributed by atoms with Crippen LogP contribution in [0.15, 0.2) is 47.6 Å². The molecule has 3 atom stereocenters. The van der Waals surface area contributed by atoms with Crippen LogP contribution >= 0.6 is 0 Å². The molecule has 0 saturated carbocycles. The van der Waals surface area contributed by atoms with Crippen LogP contribution in [-0.2, 0) is 9.53 Å². The molecule has 0 radical (unpaired) electrons. The molecule has 1 aliphatic carbocycles. The Hall–Kier alpha value is -2.14. The zero-order chi connectivity index (χ0) is 21.1. The van der Waals surface area contributed by atoms with Gasteiger partial charge in [0.15, 0.2) is 0 Å². The van der Waals surface area contributed by atoms with Crippen LogP contribution < -0.4 is 4.90 Å². The summed E-state index contributed by atoms with van der Waals surface area (Å²) in [6, 6.07) is 6.71. The van der Waals surface area contributed by atoms with Gasteiger partial charge in [-0.05, 0) is 69.9 Å². The lowest BCUT2D eigenvalue weighted by Gasteiger charge is -2.37. The minimum atomic E-state index is -0.202. The number of hydrogen-bond donors (Lipinski definition) is 0. The highest BCUT2D eigenvalue weighted by atomic mass is 19.1.